The molecule has 2 aromatic carbocycles. The number of hydrogen-bond acceptors (Lipinski definition) is 4. The van der Waals surface area contributed by atoms with Gasteiger partial charge in [0.05, 0.1) is 17.7 Å². The van der Waals surface area contributed by atoms with Crippen LogP contribution in [0.15, 0.2) is 58.5 Å². The maximum atomic E-state index is 12.4. The van der Waals surface area contributed by atoms with E-state index in [4.69, 9.17) is 4.74 Å². The number of ether oxygens (including phenoxy) is 1. The van der Waals surface area contributed by atoms with Crippen molar-refractivity contribution in [1.82, 2.24) is 4.83 Å². The summed E-state index contributed by atoms with van der Waals surface area (Å²) >= 11 is 0. The number of nitrogens with zero attached hydrogens (tertiary/aromatic N) is 1. The van der Waals surface area contributed by atoms with Crippen LogP contribution >= 0.6 is 0 Å². The van der Waals surface area contributed by atoms with Gasteiger partial charge < -0.3 is 4.74 Å². The molecule has 2 rings (SSSR count). The molecule has 0 unspecified atom stereocenters. The number of hydrazone groups is 1. The molecule has 0 spiro atoms. The molecule has 2 aromatic rings. The van der Waals surface area contributed by atoms with E-state index >= 15 is 0 Å². The van der Waals surface area contributed by atoms with Gasteiger partial charge in [-0.25, -0.2) is 0 Å². The van der Waals surface area contributed by atoms with E-state index in [1.54, 1.807) is 38.3 Å². The van der Waals surface area contributed by atoms with Crippen LogP contribution < -0.4 is 9.57 Å². The Kier molecular flexibility index (Phi) is 5.52. The molecule has 0 heterocycles. The third-order valence-electron chi connectivity index (χ3n) is 3.87. The minimum atomic E-state index is -3.70. The van der Waals surface area contributed by atoms with E-state index in [1.807, 2.05) is 24.3 Å². The Bertz CT molecular complexity index is 847. The van der Waals surface area contributed by atoms with E-state index in [-0.39, 0.29) is 10.3 Å². The van der Waals surface area contributed by atoms with E-state index in [0.29, 0.717) is 5.71 Å². The maximum Gasteiger partial charge on any atom is 0.276 e. The predicted molar refractivity (Wildman–Crippen MR) is 101 cm³/mol. The lowest BCUT2D eigenvalue weighted by molar-refractivity contribution is 0.415. The second kappa shape index (κ2) is 7.27. The summed E-state index contributed by atoms with van der Waals surface area (Å²) in [7, 11) is -2.11. The highest BCUT2D eigenvalue weighted by molar-refractivity contribution is 7.89. The fraction of sp³-hybridized carbons (Fsp3) is 0.316. The summed E-state index contributed by atoms with van der Waals surface area (Å²) in [6.07, 6.45) is 0. The molecule has 0 amide bonds. The summed E-state index contributed by atoms with van der Waals surface area (Å²) in [5.41, 5.74) is 2.42. The Hall–Kier alpha value is -2.34. The summed E-state index contributed by atoms with van der Waals surface area (Å²) in [5.74, 6) is 0.732. The van der Waals surface area contributed by atoms with Crippen molar-refractivity contribution in [3.8, 4) is 5.75 Å². The molecular weight excluding hydrogens is 336 g/mol. The van der Waals surface area contributed by atoms with Gasteiger partial charge in [-0.15, -0.1) is 0 Å². The lowest BCUT2D eigenvalue weighted by atomic mass is 9.87. The van der Waals surface area contributed by atoms with Gasteiger partial charge in [-0.3, -0.25) is 0 Å². The van der Waals surface area contributed by atoms with Crippen molar-refractivity contribution in [1.29, 1.82) is 0 Å². The maximum absolute atomic E-state index is 12.4. The van der Waals surface area contributed by atoms with Gasteiger partial charge in [0.25, 0.3) is 10.0 Å². The highest BCUT2D eigenvalue weighted by atomic mass is 32.2. The molecule has 0 aliphatic carbocycles. The Balaban J connectivity index is 2.17. The van der Waals surface area contributed by atoms with Crippen LogP contribution in [-0.4, -0.2) is 21.2 Å². The molecule has 0 radical (unpaired) electrons. The number of benzene rings is 2. The average molecular weight is 360 g/mol. The minimum Gasteiger partial charge on any atom is -0.497 e. The van der Waals surface area contributed by atoms with Crippen molar-refractivity contribution in [2.75, 3.05) is 7.11 Å². The van der Waals surface area contributed by atoms with Gasteiger partial charge in [0.1, 0.15) is 5.75 Å². The molecule has 5 nitrogen and oxygen atoms in total. The van der Waals surface area contributed by atoms with E-state index in [2.05, 4.69) is 30.7 Å². The first-order chi connectivity index (χ1) is 11.6. The van der Waals surface area contributed by atoms with Crippen LogP contribution in [0.3, 0.4) is 0 Å². The number of rotatable bonds is 5. The second-order valence-electron chi connectivity index (χ2n) is 6.79. The van der Waals surface area contributed by atoms with Crippen molar-refractivity contribution < 1.29 is 13.2 Å². The normalized spacial score (nSPS) is 12.8. The van der Waals surface area contributed by atoms with Gasteiger partial charge in [0.15, 0.2) is 0 Å². The Morgan fingerprint density at radius 3 is 2.04 bits per heavy atom. The van der Waals surface area contributed by atoms with Crippen LogP contribution in [0.25, 0.3) is 0 Å². The van der Waals surface area contributed by atoms with Crippen molar-refractivity contribution in [2.24, 2.45) is 5.10 Å². The first-order valence-corrected chi connectivity index (χ1v) is 9.43. The molecule has 25 heavy (non-hydrogen) atoms. The summed E-state index contributed by atoms with van der Waals surface area (Å²) in [5, 5.41) is 4.01. The summed E-state index contributed by atoms with van der Waals surface area (Å²) in [6.45, 7) is 7.98. The van der Waals surface area contributed by atoms with Crippen LogP contribution in [0.4, 0.5) is 0 Å². The Morgan fingerprint density at radius 1 is 1.00 bits per heavy atom. The highest BCUT2D eigenvalue weighted by Gasteiger charge is 2.17. The SMILES string of the molecule is COc1ccc(/C(C)=N\NS(=O)(=O)c2ccc(C(C)(C)C)cc2)cc1. The zero-order valence-electron chi connectivity index (χ0n) is 15.2. The van der Waals surface area contributed by atoms with Crippen molar-refractivity contribution in [3.63, 3.8) is 0 Å². The second-order valence-corrected chi connectivity index (χ2v) is 8.46. The molecule has 0 saturated carbocycles. The van der Waals surface area contributed by atoms with Crippen molar-refractivity contribution in [3.05, 3.63) is 59.7 Å². The van der Waals surface area contributed by atoms with Gasteiger partial charge in [-0.05, 0) is 59.9 Å². The summed E-state index contributed by atoms with van der Waals surface area (Å²) in [6, 6.07) is 14.1. The van der Waals surface area contributed by atoms with Gasteiger partial charge in [0.2, 0.25) is 0 Å². The van der Waals surface area contributed by atoms with Crippen LogP contribution in [-0.2, 0) is 15.4 Å². The van der Waals surface area contributed by atoms with Gasteiger partial charge in [-0.1, -0.05) is 32.9 Å². The molecule has 1 N–H and O–H groups in total. The average Bonchev–Trinajstić information content (AvgIpc) is 2.59. The Labute approximate surface area is 149 Å². The molecule has 0 fully saturated rings. The Morgan fingerprint density at radius 2 is 1.56 bits per heavy atom. The molecule has 0 aromatic heterocycles. The lowest BCUT2D eigenvalue weighted by Crippen LogP contribution is -2.20. The smallest absolute Gasteiger partial charge is 0.276 e. The van der Waals surface area contributed by atoms with Crippen LogP contribution in [0.2, 0.25) is 0 Å². The van der Waals surface area contributed by atoms with Gasteiger partial charge in [-0.2, -0.15) is 18.4 Å². The highest BCUT2D eigenvalue weighted by Crippen LogP contribution is 2.23. The number of sulfonamides is 1. The molecule has 0 atom stereocenters. The quantitative estimate of drug-likeness (QED) is 0.653. The fourth-order valence-corrected chi connectivity index (χ4v) is 3.07. The van der Waals surface area contributed by atoms with Crippen molar-refractivity contribution in [2.45, 2.75) is 38.0 Å². The molecule has 0 aliphatic heterocycles. The zero-order valence-corrected chi connectivity index (χ0v) is 16.0. The van der Waals surface area contributed by atoms with E-state index in [9.17, 15) is 8.42 Å². The first kappa shape index (κ1) is 19.0. The first-order valence-electron chi connectivity index (χ1n) is 7.94. The van der Waals surface area contributed by atoms with Crippen LogP contribution in [0.5, 0.6) is 5.75 Å². The number of nitrogens with one attached hydrogen (secondary N) is 1. The van der Waals surface area contributed by atoms with E-state index in [0.717, 1.165) is 16.9 Å². The summed E-state index contributed by atoms with van der Waals surface area (Å²) < 4.78 is 29.9. The molecule has 6 heteroatoms. The van der Waals surface area contributed by atoms with Gasteiger partial charge >= 0.3 is 0 Å². The molecular formula is C19H24N2O3S. The fourth-order valence-electron chi connectivity index (χ4n) is 2.21. The monoisotopic (exact) mass is 360 g/mol. The number of methoxy groups -OCH3 is 1. The summed E-state index contributed by atoms with van der Waals surface area (Å²) in [4.78, 5) is 2.48. The third-order valence-corrected chi connectivity index (χ3v) is 5.10. The zero-order chi connectivity index (χ0) is 18.7. The van der Waals surface area contributed by atoms with Crippen molar-refractivity contribution >= 4 is 15.7 Å². The minimum absolute atomic E-state index is 0.0289. The van der Waals surface area contributed by atoms with Crippen LogP contribution in [0.1, 0.15) is 38.8 Å². The predicted octanol–water partition coefficient (Wildman–Crippen LogP) is 3.70. The number of hydrogen-bond donors (Lipinski definition) is 1. The van der Waals surface area contributed by atoms with Gasteiger partial charge in [0, 0.05) is 0 Å². The standard InChI is InChI=1S/C19H24N2O3S/c1-14(15-6-10-17(24-5)11-7-15)20-21-25(22,23)18-12-8-16(9-13-18)19(2,3)4/h6-13,21H,1-5H3/b20-14-. The molecule has 0 saturated heterocycles. The molecule has 0 bridgehead atoms. The molecule has 134 valence electrons. The topological polar surface area (TPSA) is 67.8 Å². The molecule has 0 aliphatic rings. The van der Waals surface area contributed by atoms with E-state index < -0.39 is 10.0 Å². The van der Waals surface area contributed by atoms with E-state index in [1.165, 1.54) is 0 Å². The van der Waals surface area contributed by atoms with Crippen LogP contribution in [0, 0.1) is 0 Å². The largest absolute Gasteiger partial charge is 0.497 e. The lowest BCUT2D eigenvalue weighted by Gasteiger charge is -2.19. The third kappa shape index (κ3) is 4.82.